The number of rotatable bonds is 3. The molecule has 0 saturated heterocycles. The number of carbonyl (C=O) groups is 1. The van der Waals surface area contributed by atoms with E-state index in [4.69, 9.17) is 4.74 Å². The van der Waals surface area contributed by atoms with Crippen LogP contribution in [0, 0.1) is 0 Å². The van der Waals surface area contributed by atoms with Gasteiger partial charge in [-0.1, -0.05) is 18.2 Å². The summed E-state index contributed by atoms with van der Waals surface area (Å²) >= 11 is 0. The standard InChI is InChI=1S/C13H10N4O2/c18-13(19-9-17-8-14-7-16-17)11-5-10-3-1-2-4-12(10)15-6-11/h1-8H,9H2. The fraction of sp³-hybridized carbons (Fsp3) is 0.0769. The van der Waals surface area contributed by atoms with Gasteiger partial charge in [-0.2, -0.15) is 5.10 Å². The van der Waals surface area contributed by atoms with Crippen molar-refractivity contribution in [2.45, 2.75) is 6.73 Å². The molecule has 6 nitrogen and oxygen atoms in total. The predicted octanol–water partition coefficient (Wildman–Crippen LogP) is 1.64. The Morgan fingerprint density at radius 1 is 1.32 bits per heavy atom. The molecule has 19 heavy (non-hydrogen) atoms. The number of pyridine rings is 1. The van der Waals surface area contributed by atoms with Crippen LogP contribution in [-0.2, 0) is 11.5 Å². The summed E-state index contributed by atoms with van der Waals surface area (Å²) in [6, 6.07) is 9.34. The number of esters is 1. The highest BCUT2D eigenvalue weighted by Gasteiger charge is 2.08. The Kier molecular flexibility index (Phi) is 2.89. The normalized spacial score (nSPS) is 10.5. The maximum absolute atomic E-state index is 11.9. The van der Waals surface area contributed by atoms with Gasteiger partial charge >= 0.3 is 5.97 Å². The number of aromatic nitrogens is 4. The van der Waals surface area contributed by atoms with Gasteiger partial charge in [0.2, 0.25) is 0 Å². The second-order valence-corrected chi connectivity index (χ2v) is 3.91. The van der Waals surface area contributed by atoms with Crippen molar-refractivity contribution in [2.24, 2.45) is 0 Å². The van der Waals surface area contributed by atoms with Crippen LogP contribution in [-0.4, -0.2) is 25.7 Å². The Hall–Kier alpha value is -2.76. The van der Waals surface area contributed by atoms with Crippen molar-refractivity contribution in [3.8, 4) is 0 Å². The average molecular weight is 254 g/mol. The first-order valence-corrected chi connectivity index (χ1v) is 5.67. The van der Waals surface area contributed by atoms with Crippen LogP contribution in [0.4, 0.5) is 0 Å². The van der Waals surface area contributed by atoms with Crippen LogP contribution in [0.5, 0.6) is 0 Å². The Balaban J connectivity index is 1.77. The number of hydrogen-bond donors (Lipinski definition) is 0. The van der Waals surface area contributed by atoms with Gasteiger partial charge in [0.1, 0.15) is 12.7 Å². The highest BCUT2D eigenvalue weighted by Crippen LogP contribution is 2.13. The number of nitrogens with zero attached hydrogens (tertiary/aromatic N) is 4. The highest BCUT2D eigenvalue weighted by atomic mass is 16.5. The molecule has 0 N–H and O–H groups in total. The van der Waals surface area contributed by atoms with Gasteiger partial charge in [0.15, 0.2) is 6.73 Å². The quantitative estimate of drug-likeness (QED) is 0.664. The van der Waals surface area contributed by atoms with Crippen molar-refractivity contribution in [3.05, 3.63) is 54.7 Å². The third-order valence-corrected chi connectivity index (χ3v) is 2.62. The Morgan fingerprint density at radius 3 is 3.05 bits per heavy atom. The van der Waals surface area contributed by atoms with Gasteiger partial charge in [0.25, 0.3) is 0 Å². The van der Waals surface area contributed by atoms with E-state index < -0.39 is 5.97 Å². The first kappa shape index (κ1) is 11.3. The number of hydrogen-bond acceptors (Lipinski definition) is 5. The summed E-state index contributed by atoms with van der Waals surface area (Å²) in [6.45, 7) is 0.0334. The minimum absolute atomic E-state index is 0.0334. The summed E-state index contributed by atoms with van der Waals surface area (Å²) in [5.74, 6) is -0.436. The smallest absolute Gasteiger partial charge is 0.341 e. The molecule has 0 unspecified atom stereocenters. The van der Waals surface area contributed by atoms with Crippen molar-refractivity contribution in [3.63, 3.8) is 0 Å². The van der Waals surface area contributed by atoms with Gasteiger partial charge in [-0.25, -0.2) is 14.5 Å². The SMILES string of the molecule is O=C(OCn1cncn1)c1cnc2ccccc2c1. The van der Waals surface area contributed by atoms with Crippen LogP contribution in [0.15, 0.2) is 49.2 Å². The van der Waals surface area contributed by atoms with E-state index in [1.54, 1.807) is 6.07 Å². The Morgan fingerprint density at radius 2 is 2.21 bits per heavy atom. The minimum Gasteiger partial charge on any atom is -0.439 e. The lowest BCUT2D eigenvalue weighted by Gasteiger charge is -2.05. The molecule has 6 heteroatoms. The molecule has 1 aromatic carbocycles. The molecule has 3 rings (SSSR count). The van der Waals surface area contributed by atoms with Crippen LogP contribution in [0.25, 0.3) is 10.9 Å². The van der Waals surface area contributed by atoms with E-state index in [1.807, 2.05) is 24.3 Å². The molecule has 0 aliphatic carbocycles. The zero-order valence-corrected chi connectivity index (χ0v) is 9.93. The molecule has 0 aliphatic rings. The molecule has 0 fully saturated rings. The molecule has 0 saturated carbocycles. The maximum atomic E-state index is 11.9. The molecule has 0 spiro atoms. The van der Waals surface area contributed by atoms with Crippen LogP contribution in [0.3, 0.4) is 0 Å². The molecule has 0 radical (unpaired) electrons. The summed E-state index contributed by atoms with van der Waals surface area (Å²) in [7, 11) is 0. The van der Waals surface area contributed by atoms with Crippen LogP contribution in [0.2, 0.25) is 0 Å². The molecule has 0 bridgehead atoms. The summed E-state index contributed by atoms with van der Waals surface area (Å²) in [5.41, 5.74) is 1.26. The van der Waals surface area contributed by atoms with Gasteiger partial charge in [-0.05, 0) is 12.1 Å². The highest BCUT2D eigenvalue weighted by molar-refractivity contribution is 5.93. The van der Waals surface area contributed by atoms with Crippen molar-refractivity contribution >= 4 is 16.9 Å². The number of benzene rings is 1. The largest absolute Gasteiger partial charge is 0.439 e. The lowest BCUT2D eigenvalue weighted by atomic mass is 10.2. The topological polar surface area (TPSA) is 69.9 Å². The molecular weight excluding hydrogens is 244 g/mol. The zero-order chi connectivity index (χ0) is 13.1. The average Bonchev–Trinajstić information content (AvgIpc) is 2.97. The maximum Gasteiger partial charge on any atom is 0.341 e. The third kappa shape index (κ3) is 2.42. The van der Waals surface area contributed by atoms with Crippen molar-refractivity contribution < 1.29 is 9.53 Å². The molecule has 2 heterocycles. The fourth-order valence-corrected chi connectivity index (χ4v) is 1.69. The fourth-order valence-electron chi connectivity index (χ4n) is 1.69. The number of ether oxygens (including phenoxy) is 1. The summed E-state index contributed by atoms with van der Waals surface area (Å²) in [5, 5.41) is 4.75. The first-order valence-electron chi connectivity index (χ1n) is 5.67. The van der Waals surface area contributed by atoms with Gasteiger partial charge in [-0.15, -0.1) is 0 Å². The molecule has 3 aromatic rings. The van der Waals surface area contributed by atoms with Crippen LogP contribution >= 0.6 is 0 Å². The molecule has 0 aliphatic heterocycles. The molecule has 94 valence electrons. The minimum atomic E-state index is -0.436. The predicted molar refractivity (Wildman–Crippen MR) is 67.2 cm³/mol. The van der Waals surface area contributed by atoms with E-state index in [9.17, 15) is 4.79 Å². The van der Waals surface area contributed by atoms with Crippen LogP contribution in [0.1, 0.15) is 10.4 Å². The Bertz CT molecular complexity index is 709. The van der Waals surface area contributed by atoms with E-state index in [0.717, 1.165) is 10.9 Å². The lowest BCUT2D eigenvalue weighted by molar-refractivity contribution is 0.0349. The summed E-state index contributed by atoms with van der Waals surface area (Å²) in [6.07, 6.45) is 4.36. The van der Waals surface area contributed by atoms with Crippen LogP contribution < -0.4 is 0 Å². The second kappa shape index (κ2) is 4.85. The van der Waals surface area contributed by atoms with Crippen molar-refractivity contribution in [2.75, 3.05) is 0 Å². The molecule has 0 amide bonds. The van der Waals surface area contributed by atoms with E-state index >= 15 is 0 Å². The third-order valence-electron chi connectivity index (χ3n) is 2.62. The lowest BCUT2D eigenvalue weighted by Crippen LogP contribution is -2.10. The summed E-state index contributed by atoms with van der Waals surface area (Å²) < 4.78 is 6.53. The van der Waals surface area contributed by atoms with Gasteiger partial charge < -0.3 is 4.74 Å². The molecule has 2 aromatic heterocycles. The second-order valence-electron chi connectivity index (χ2n) is 3.91. The number of para-hydroxylation sites is 1. The zero-order valence-electron chi connectivity index (χ0n) is 9.93. The number of fused-ring (bicyclic) bond motifs is 1. The van der Waals surface area contributed by atoms with Gasteiger partial charge in [0.05, 0.1) is 11.1 Å². The Labute approximate surface area is 108 Å². The van der Waals surface area contributed by atoms with E-state index in [0.29, 0.717) is 5.56 Å². The van der Waals surface area contributed by atoms with Crippen molar-refractivity contribution in [1.82, 2.24) is 19.7 Å². The van der Waals surface area contributed by atoms with E-state index in [1.165, 1.54) is 23.5 Å². The van der Waals surface area contributed by atoms with Gasteiger partial charge in [-0.3, -0.25) is 4.98 Å². The molecule has 0 atom stereocenters. The van der Waals surface area contributed by atoms with Crippen molar-refractivity contribution in [1.29, 1.82) is 0 Å². The van der Waals surface area contributed by atoms with Gasteiger partial charge in [0, 0.05) is 11.6 Å². The monoisotopic (exact) mass is 254 g/mol. The number of carbonyl (C=O) groups excluding carboxylic acids is 1. The molecular formula is C13H10N4O2. The first-order chi connectivity index (χ1) is 9.33. The van der Waals surface area contributed by atoms with E-state index in [-0.39, 0.29) is 6.73 Å². The van der Waals surface area contributed by atoms with E-state index in [2.05, 4.69) is 15.1 Å². The summed E-state index contributed by atoms with van der Waals surface area (Å²) in [4.78, 5) is 19.8.